The van der Waals surface area contributed by atoms with Crippen LogP contribution in [0.3, 0.4) is 0 Å². The largest absolute Gasteiger partial charge is 0.465 e. The number of carbonyl (C=O) groups is 1. The van der Waals surface area contributed by atoms with Crippen molar-refractivity contribution in [3.05, 3.63) is 70.9 Å². The second-order valence-corrected chi connectivity index (χ2v) is 6.83. The van der Waals surface area contributed by atoms with Crippen LogP contribution in [0.5, 0.6) is 0 Å². The molecule has 0 aliphatic carbocycles. The highest BCUT2D eigenvalue weighted by atomic mass is 16.5. The van der Waals surface area contributed by atoms with E-state index in [0.717, 1.165) is 41.7 Å². The number of anilines is 1. The van der Waals surface area contributed by atoms with E-state index >= 15 is 0 Å². The van der Waals surface area contributed by atoms with Crippen LogP contribution in [0, 0.1) is 0 Å². The molecule has 0 amide bonds. The average Bonchev–Trinajstić information content (AvgIpc) is 3.18. The third kappa shape index (κ3) is 2.92. The summed E-state index contributed by atoms with van der Waals surface area (Å²) in [6, 6.07) is 16.1. The number of pyridine rings is 1. The minimum absolute atomic E-state index is 0.319. The van der Waals surface area contributed by atoms with Gasteiger partial charge in [0, 0.05) is 23.3 Å². The molecule has 1 unspecified atom stereocenters. The Morgan fingerprint density at radius 1 is 1.23 bits per heavy atom. The Balaban J connectivity index is 1.76. The van der Waals surface area contributed by atoms with E-state index in [1.165, 1.54) is 18.2 Å². The zero-order valence-electron chi connectivity index (χ0n) is 15.1. The zero-order chi connectivity index (χ0) is 18.1. The fraction of sp³-hybridized carbons (Fsp3) is 0.273. The minimum atomic E-state index is -0.319. The molecule has 0 radical (unpaired) electrons. The number of hydrogen-bond donors (Lipinski definition) is 1. The molecule has 2 heterocycles. The predicted molar refractivity (Wildman–Crippen MR) is 104 cm³/mol. The smallest absolute Gasteiger partial charge is 0.337 e. The van der Waals surface area contributed by atoms with Crippen molar-refractivity contribution in [1.29, 1.82) is 0 Å². The van der Waals surface area contributed by atoms with Crippen LogP contribution in [-0.2, 0) is 17.6 Å². The van der Waals surface area contributed by atoms with E-state index in [-0.39, 0.29) is 5.97 Å². The molecule has 4 heteroatoms. The van der Waals surface area contributed by atoms with Crippen molar-refractivity contribution < 1.29 is 9.53 Å². The Morgan fingerprint density at radius 3 is 2.81 bits per heavy atom. The zero-order valence-corrected chi connectivity index (χ0v) is 15.1. The maximum Gasteiger partial charge on any atom is 0.337 e. The van der Waals surface area contributed by atoms with Crippen LogP contribution in [0.1, 0.15) is 40.0 Å². The van der Waals surface area contributed by atoms with Gasteiger partial charge in [-0.3, -0.25) is 4.98 Å². The maximum absolute atomic E-state index is 11.9. The van der Waals surface area contributed by atoms with E-state index in [1.54, 1.807) is 6.07 Å². The van der Waals surface area contributed by atoms with Gasteiger partial charge >= 0.3 is 5.97 Å². The van der Waals surface area contributed by atoms with E-state index in [9.17, 15) is 4.79 Å². The van der Waals surface area contributed by atoms with Gasteiger partial charge in [-0.2, -0.15) is 0 Å². The summed E-state index contributed by atoms with van der Waals surface area (Å²) in [5, 5.41) is 4.49. The molecule has 1 N–H and O–H groups in total. The van der Waals surface area contributed by atoms with Gasteiger partial charge in [-0.05, 0) is 48.1 Å². The van der Waals surface area contributed by atoms with Crippen molar-refractivity contribution in [1.82, 2.24) is 4.98 Å². The molecule has 26 heavy (non-hydrogen) atoms. The standard InChI is InChI=1S/C22H22N2O2/c1-14(15-6-4-3-5-7-15)12-20-17-10-11-23-21(17)18-13-16(22(25)26-2)8-9-19(18)24-20/h3-9,13-14,23H,10-12H2,1-2H3. The normalized spacial score (nSPS) is 13.9. The molecule has 132 valence electrons. The summed E-state index contributed by atoms with van der Waals surface area (Å²) in [4.78, 5) is 16.8. The molecule has 3 aromatic rings. The number of esters is 1. The number of nitrogens with one attached hydrogen (secondary N) is 1. The average molecular weight is 346 g/mol. The molecule has 4 nitrogen and oxygen atoms in total. The third-order valence-corrected chi connectivity index (χ3v) is 5.14. The molecule has 0 fully saturated rings. The number of rotatable bonds is 4. The number of carbonyl (C=O) groups excluding carboxylic acids is 1. The molecule has 1 aliphatic heterocycles. The molecular weight excluding hydrogens is 324 g/mol. The Kier molecular flexibility index (Phi) is 4.33. The van der Waals surface area contributed by atoms with Crippen molar-refractivity contribution in [3.63, 3.8) is 0 Å². The van der Waals surface area contributed by atoms with E-state index in [2.05, 4.69) is 36.5 Å². The van der Waals surface area contributed by atoms with Crippen molar-refractivity contribution >= 4 is 22.6 Å². The molecule has 1 atom stereocenters. The van der Waals surface area contributed by atoms with Crippen LogP contribution >= 0.6 is 0 Å². The molecule has 1 aliphatic rings. The van der Waals surface area contributed by atoms with Gasteiger partial charge in [0.2, 0.25) is 0 Å². The molecule has 1 aromatic heterocycles. The summed E-state index contributed by atoms with van der Waals surface area (Å²) in [7, 11) is 1.40. The van der Waals surface area contributed by atoms with Crippen molar-refractivity contribution in [2.24, 2.45) is 0 Å². The summed E-state index contributed by atoms with van der Waals surface area (Å²) >= 11 is 0. The number of nitrogens with zero attached hydrogens (tertiary/aromatic N) is 1. The van der Waals surface area contributed by atoms with E-state index in [4.69, 9.17) is 9.72 Å². The quantitative estimate of drug-likeness (QED) is 0.714. The second-order valence-electron chi connectivity index (χ2n) is 6.83. The number of aromatic nitrogens is 1. The molecular formula is C22H22N2O2. The highest BCUT2D eigenvalue weighted by Gasteiger charge is 2.22. The Bertz CT molecular complexity index is 967. The monoisotopic (exact) mass is 346 g/mol. The van der Waals surface area contributed by atoms with Gasteiger partial charge < -0.3 is 10.1 Å². The first-order chi connectivity index (χ1) is 12.7. The fourth-order valence-electron chi connectivity index (χ4n) is 3.74. The first-order valence-corrected chi connectivity index (χ1v) is 9.00. The Hall–Kier alpha value is -2.88. The highest BCUT2D eigenvalue weighted by Crippen LogP contribution is 2.35. The van der Waals surface area contributed by atoms with E-state index in [1.807, 2.05) is 18.2 Å². The molecule has 0 spiro atoms. The number of ether oxygens (including phenoxy) is 1. The molecule has 0 saturated heterocycles. The maximum atomic E-state index is 11.9. The molecule has 0 bridgehead atoms. The van der Waals surface area contributed by atoms with Gasteiger partial charge in [0.1, 0.15) is 0 Å². The van der Waals surface area contributed by atoms with Crippen LogP contribution in [0.2, 0.25) is 0 Å². The topological polar surface area (TPSA) is 51.2 Å². The lowest BCUT2D eigenvalue weighted by Gasteiger charge is -2.16. The van der Waals surface area contributed by atoms with Crippen molar-refractivity contribution in [3.8, 4) is 0 Å². The van der Waals surface area contributed by atoms with Crippen LogP contribution in [0.25, 0.3) is 10.9 Å². The number of fused-ring (bicyclic) bond motifs is 3. The summed E-state index contributed by atoms with van der Waals surface area (Å²) in [6.07, 6.45) is 1.88. The van der Waals surface area contributed by atoms with Crippen LogP contribution < -0.4 is 5.32 Å². The molecule has 4 rings (SSSR count). The Morgan fingerprint density at radius 2 is 2.04 bits per heavy atom. The Labute approximate surface area is 153 Å². The van der Waals surface area contributed by atoms with E-state index in [0.29, 0.717) is 11.5 Å². The lowest BCUT2D eigenvalue weighted by molar-refractivity contribution is 0.0601. The summed E-state index contributed by atoms with van der Waals surface area (Å²) in [6.45, 7) is 3.15. The first-order valence-electron chi connectivity index (χ1n) is 9.00. The van der Waals surface area contributed by atoms with Crippen LogP contribution in [-0.4, -0.2) is 24.6 Å². The van der Waals surface area contributed by atoms with Gasteiger partial charge in [0.25, 0.3) is 0 Å². The van der Waals surface area contributed by atoms with Gasteiger partial charge in [0.05, 0.1) is 18.2 Å². The minimum Gasteiger partial charge on any atom is -0.465 e. The van der Waals surface area contributed by atoms with Crippen molar-refractivity contribution in [2.75, 3.05) is 19.0 Å². The van der Waals surface area contributed by atoms with Gasteiger partial charge in [-0.25, -0.2) is 4.79 Å². The van der Waals surface area contributed by atoms with Gasteiger partial charge in [0.15, 0.2) is 0 Å². The van der Waals surface area contributed by atoms with E-state index < -0.39 is 0 Å². The summed E-state index contributed by atoms with van der Waals surface area (Å²) < 4.78 is 4.85. The second kappa shape index (κ2) is 6.79. The van der Waals surface area contributed by atoms with Gasteiger partial charge in [-0.15, -0.1) is 0 Å². The fourth-order valence-corrected chi connectivity index (χ4v) is 3.74. The van der Waals surface area contributed by atoms with Crippen LogP contribution in [0.15, 0.2) is 48.5 Å². The highest BCUT2D eigenvalue weighted by molar-refractivity contribution is 6.00. The lowest BCUT2D eigenvalue weighted by atomic mass is 9.93. The summed E-state index contributed by atoms with van der Waals surface area (Å²) in [5.74, 6) is 0.0839. The molecule has 2 aromatic carbocycles. The lowest BCUT2D eigenvalue weighted by Crippen LogP contribution is -2.05. The summed E-state index contributed by atoms with van der Waals surface area (Å²) in [5.41, 5.74) is 6.36. The van der Waals surface area contributed by atoms with Gasteiger partial charge in [-0.1, -0.05) is 37.3 Å². The number of hydrogen-bond acceptors (Lipinski definition) is 4. The number of benzene rings is 2. The SMILES string of the molecule is COC(=O)c1ccc2nc(CC(C)c3ccccc3)c3c(c2c1)NCC3. The molecule has 0 saturated carbocycles. The first kappa shape index (κ1) is 16.6. The predicted octanol–water partition coefficient (Wildman–Crippen LogP) is 4.34. The van der Waals surface area contributed by atoms with Crippen molar-refractivity contribution in [2.45, 2.75) is 25.7 Å². The third-order valence-electron chi connectivity index (χ3n) is 5.14. The van der Waals surface area contributed by atoms with Crippen LogP contribution in [0.4, 0.5) is 5.69 Å². The number of methoxy groups -OCH3 is 1.